The number of carbonyl (C=O) groups excluding carboxylic acids is 1. The maximum Gasteiger partial charge on any atom is 0.419 e. The van der Waals surface area contributed by atoms with Gasteiger partial charge < -0.3 is 14.5 Å². The summed E-state index contributed by atoms with van der Waals surface area (Å²) in [5, 5.41) is 3.28. The fraction of sp³-hybridized carbons (Fsp3) is 0.0909. The highest BCUT2D eigenvalue weighted by Gasteiger charge is 2.13. The van der Waals surface area contributed by atoms with Crippen LogP contribution in [0.5, 0.6) is 11.5 Å². The minimum absolute atomic E-state index is 0.0841. The highest BCUT2D eigenvalue weighted by Crippen LogP contribution is 2.32. The molecule has 6 nitrogen and oxygen atoms in total. The number of halogens is 1. The van der Waals surface area contributed by atoms with E-state index < -0.39 is 5.76 Å². The van der Waals surface area contributed by atoms with Crippen molar-refractivity contribution in [3.63, 3.8) is 0 Å². The summed E-state index contributed by atoms with van der Waals surface area (Å²) in [7, 11) is 0. The summed E-state index contributed by atoms with van der Waals surface area (Å²) in [5.74, 6) is 0.346. The number of hydrogen-bond donors (Lipinski definition) is 1. The number of para-hydroxylation sites is 3. The van der Waals surface area contributed by atoms with Gasteiger partial charge in [-0.2, -0.15) is 0 Å². The number of anilines is 1. The van der Waals surface area contributed by atoms with E-state index in [9.17, 15) is 9.59 Å². The van der Waals surface area contributed by atoms with Gasteiger partial charge in [-0.25, -0.2) is 4.79 Å². The number of aromatic nitrogens is 1. The molecule has 0 aliphatic carbocycles. The van der Waals surface area contributed by atoms with Gasteiger partial charge in [0.1, 0.15) is 5.75 Å². The average Bonchev–Trinajstić information content (AvgIpc) is 3.04. The largest absolute Gasteiger partial charge is 0.455 e. The lowest BCUT2D eigenvalue weighted by Crippen LogP contribution is -2.20. The van der Waals surface area contributed by atoms with Gasteiger partial charge in [-0.1, -0.05) is 41.9 Å². The minimum atomic E-state index is -0.491. The van der Waals surface area contributed by atoms with E-state index in [0.29, 0.717) is 33.3 Å². The first-order valence-corrected chi connectivity index (χ1v) is 9.38. The van der Waals surface area contributed by atoms with Crippen molar-refractivity contribution >= 4 is 34.3 Å². The smallest absolute Gasteiger partial charge is 0.419 e. The third kappa shape index (κ3) is 4.33. The molecule has 0 unspecified atom stereocenters. The molecule has 0 fully saturated rings. The van der Waals surface area contributed by atoms with Crippen LogP contribution in [-0.4, -0.2) is 10.5 Å². The number of oxazole rings is 1. The first-order valence-electron chi connectivity index (χ1n) is 9.01. The molecular formula is C22H17ClN2O4. The summed E-state index contributed by atoms with van der Waals surface area (Å²) in [4.78, 5) is 24.6. The van der Waals surface area contributed by atoms with Gasteiger partial charge in [0.2, 0.25) is 5.91 Å². The van der Waals surface area contributed by atoms with Crippen LogP contribution in [-0.2, 0) is 11.3 Å². The van der Waals surface area contributed by atoms with E-state index in [1.165, 1.54) is 4.57 Å². The van der Waals surface area contributed by atoms with Crippen molar-refractivity contribution in [3.8, 4) is 11.5 Å². The van der Waals surface area contributed by atoms with Crippen molar-refractivity contribution in [2.75, 3.05) is 5.32 Å². The summed E-state index contributed by atoms with van der Waals surface area (Å²) >= 11 is 6.08. The first-order chi connectivity index (χ1) is 14.1. The topological polar surface area (TPSA) is 73.5 Å². The Hall–Kier alpha value is -3.51. The second-order valence-electron chi connectivity index (χ2n) is 6.34. The zero-order valence-corrected chi connectivity index (χ0v) is 16.1. The molecule has 1 N–H and O–H groups in total. The van der Waals surface area contributed by atoms with Crippen LogP contribution in [0.2, 0.25) is 5.02 Å². The Morgan fingerprint density at radius 3 is 2.62 bits per heavy atom. The Bertz CT molecular complexity index is 1210. The molecule has 29 heavy (non-hydrogen) atoms. The third-order valence-corrected chi connectivity index (χ3v) is 4.56. The lowest BCUT2D eigenvalue weighted by Gasteiger charge is -2.13. The molecule has 1 heterocycles. The number of carbonyl (C=O) groups is 1. The molecule has 1 amide bonds. The monoisotopic (exact) mass is 408 g/mol. The molecular weight excluding hydrogens is 392 g/mol. The highest BCUT2D eigenvalue weighted by molar-refractivity contribution is 6.31. The molecule has 1 aromatic heterocycles. The molecule has 0 spiro atoms. The molecule has 4 aromatic rings. The highest BCUT2D eigenvalue weighted by atomic mass is 35.5. The fourth-order valence-corrected chi connectivity index (χ4v) is 3.13. The van der Waals surface area contributed by atoms with Crippen LogP contribution in [0.3, 0.4) is 0 Å². The van der Waals surface area contributed by atoms with Gasteiger partial charge in [-0.15, -0.1) is 0 Å². The van der Waals surface area contributed by atoms with Gasteiger partial charge in [-0.3, -0.25) is 9.36 Å². The van der Waals surface area contributed by atoms with E-state index in [1.807, 2.05) is 36.4 Å². The standard InChI is InChI=1S/C22H17ClN2O4/c23-15-10-11-19(28-16-6-2-1-3-7-16)17(14-15)24-21(26)12-13-25-18-8-4-5-9-20(18)29-22(25)27/h1-11,14H,12-13H2,(H,24,26). The number of hydrogen-bond acceptors (Lipinski definition) is 4. The van der Waals surface area contributed by atoms with E-state index in [0.717, 1.165) is 0 Å². The van der Waals surface area contributed by atoms with Crippen LogP contribution < -0.4 is 15.8 Å². The van der Waals surface area contributed by atoms with Gasteiger partial charge >= 0.3 is 5.76 Å². The SMILES string of the molecule is O=C(CCn1c(=O)oc2ccccc21)Nc1cc(Cl)ccc1Oc1ccccc1. The predicted octanol–water partition coefficient (Wildman–Crippen LogP) is 5.07. The quantitative estimate of drug-likeness (QED) is 0.483. The Balaban J connectivity index is 1.49. The second-order valence-corrected chi connectivity index (χ2v) is 6.78. The summed E-state index contributed by atoms with van der Waals surface area (Å²) in [6.07, 6.45) is 0.0841. The van der Waals surface area contributed by atoms with Gasteiger partial charge in [0.05, 0.1) is 11.2 Å². The molecule has 3 aromatic carbocycles. The normalized spacial score (nSPS) is 10.8. The van der Waals surface area contributed by atoms with E-state index in [-0.39, 0.29) is 18.9 Å². The zero-order chi connectivity index (χ0) is 20.2. The average molecular weight is 409 g/mol. The lowest BCUT2D eigenvalue weighted by atomic mass is 10.2. The van der Waals surface area contributed by atoms with E-state index in [4.69, 9.17) is 20.8 Å². The lowest BCUT2D eigenvalue weighted by molar-refractivity contribution is -0.116. The van der Waals surface area contributed by atoms with Crippen molar-refractivity contribution in [3.05, 3.63) is 88.4 Å². The number of benzene rings is 3. The number of fused-ring (bicyclic) bond motifs is 1. The Kier molecular flexibility index (Phi) is 5.35. The van der Waals surface area contributed by atoms with Gasteiger partial charge in [0, 0.05) is 18.0 Å². The second kappa shape index (κ2) is 8.24. The Morgan fingerprint density at radius 2 is 1.79 bits per heavy atom. The van der Waals surface area contributed by atoms with Crippen LogP contribution in [0.25, 0.3) is 11.1 Å². The molecule has 146 valence electrons. The van der Waals surface area contributed by atoms with Crippen molar-refractivity contribution in [1.29, 1.82) is 0 Å². The van der Waals surface area contributed by atoms with Gasteiger partial charge in [0.15, 0.2) is 11.3 Å². The van der Waals surface area contributed by atoms with Crippen molar-refractivity contribution in [1.82, 2.24) is 4.57 Å². The van der Waals surface area contributed by atoms with Crippen LogP contribution in [0, 0.1) is 0 Å². The van der Waals surface area contributed by atoms with Crippen molar-refractivity contribution < 1.29 is 13.9 Å². The summed E-state index contributed by atoms with van der Waals surface area (Å²) < 4.78 is 12.5. The molecule has 7 heteroatoms. The molecule has 0 radical (unpaired) electrons. The zero-order valence-electron chi connectivity index (χ0n) is 15.3. The fourth-order valence-electron chi connectivity index (χ4n) is 2.96. The molecule has 4 rings (SSSR count). The molecule has 0 saturated carbocycles. The maximum atomic E-state index is 12.5. The van der Waals surface area contributed by atoms with Crippen LogP contribution in [0.15, 0.2) is 82.0 Å². The molecule has 0 aliphatic rings. The van der Waals surface area contributed by atoms with Crippen LogP contribution in [0.1, 0.15) is 6.42 Å². The number of amides is 1. The number of nitrogens with one attached hydrogen (secondary N) is 1. The predicted molar refractivity (Wildman–Crippen MR) is 112 cm³/mol. The van der Waals surface area contributed by atoms with E-state index in [2.05, 4.69) is 5.32 Å². The minimum Gasteiger partial charge on any atom is -0.455 e. The molecule has 0 atom stereocenters. The molecule has 0 aliphatic heterocycles. The Labute approximate surface area is 171 Å². The number of ether oxygens (including phenoxy) is 1. The number of nitrogens with zero attached hydrogens (tertiary/aromatic N) is 1. The van der Waals surface area contributed by atoms with E-state index >= 15 is 0 Å². The van der Waals surface area contributed by atoms with Crippen molar-refractivity contribution in [2.45, 2.75) is 13.0 Å². The van der Waals surface area contributed by atoms with Crippen LogP contribution in [0.4, 0.5) is 5.69 Å². The number of rotatable bonds is 6. The molecule has 0 saturated heterocycles. The summed E-state index contributed by atoms with van der Waals surface area (Å²) in [6.45, 7) is 0.192. The Morgan fingerprint density at radius 1 is 1.03 bits per heavy atom. The van der Waals surface area contributed by atoms with Crippen molar-refractivity contribution in [2.24, 2.45) is 0 Å². The summed E-state index contributed by atoms with van der Waals surface area (Å²) in [5.41, 5.74) is 1.60. The maximum absolute atomic E-state index is 12.5. The number of aryl methyl sites for hydroxylation is 1. The van der Waals surface area contributed by atoms with E-state index in [1.54, 1.807) is 36.4 Å². The molecule has 0 bridgehead atoms. The van der Waals surface area contributed by atoms with Gasteiger partial charge in [-0.05, 0) is 42.5 Å². The summed E-state index contributed by atoms with van der Waals surface area (Å²) in [6, 6.07) is 21.3. The first kappa shape index (κ1) is 18.8. The van der Waals surface area contributed by atoms with Crippen LogP contribution >= 0.6 is 11.6 Å². The van der Waals surface area contributed by atoms with Gasteiger partial charge in [0.25, 0.3) is 0 Å². The third-order valence-electron chi connectivity index (χ3n) is 4.32.